The van der Waals surface area contributed by atoms with Gasteiger partial charge in [-0.1, -0.05) is 35.3 Å². The molecule has 0 aliphatic carbocycles. The summed E-state index contributed by atoms with van der Waals surface area (Å²) in [7, 11) is 3.19. The standard InChI is InChI=1S/C19H19Cl2NO3/c1-24-17-7-4-14(12-18(17)25-2)9-10-22-19(23)8-5-13-3-6-15(20)16(21)11-13/h3-8,11-12H,9-10H2,1-2H3,(H,22,23)/b8-5+. The lowest BCUT2D eigenvalue weighted by atomic mass is 10.1. The molecule has 0 saturated heterocycles. The lowest BCUT2D eigenvalue weighted by molar-refractivity contribution is -0.116. The van der Waals surface area contributed by atoms with Crippen molar-refractivity contribution in [3.63, 3.8) is 0 Å². The number of carbonyl (C=O) groups is 1. The zero-order valence-electron chi connectivity index (χ0n) is 14.0. The van der Waals surface area contributed by atoms with E-state index in [1.54, 1.807) is 38.5 Å². The molecular weight excluding hydrogens is 361 g/mol. The van der Waals surface area contributed by atoms with Gasteiger partial charge in [-0.05, 0) is 47.9 Å². The minimum absolute atomic E-state index is 0.174. The van der Waals surface area contributed by atoms with Crippen LogP contribution in [0.25, 0.3) is 6.08 Å². The predicted octanol–water partition coefficient (Wildman–Crippen LogP) is 4.38. The molecule has 1 N–H and O–H groups in total. The van der Waals surface area contributed by atoms with Gasteiger partial charge in [-0.3, -0.25) is 4.79 Å². The summed E-state index contributed by atoms with van der Waals surface area (Å²) < 4.78 is 10.5. The molecule has 0 atom stereocenters. The molecule has 1 amide bonds. The van der Waals surface area contributed by atoms with Crippen molar-refractivity contribution in [2.75, 3.05) is 20.8 Å². The van der Waals surface area contributed by atoms with Crippen molar-refractivity contribution in [2.24, 2.45) is 0 Å². The highest BCUT2D eigenvalue weighted by atomic mass is 35.5. The van der Waals surface area contributed by atoms with E-state index in [0.29, 0.717) is 34.5 Å². The topological polar surface area (TPSA) is 47.6 Å². The third-order valence-electron chi connectivity index (χ3n) is 3.53. The van der Waals surface area contributed by atoms with Crippen molar-refractivity contribution in [1.29, 1.82) is 0 Å². The van der Waals surface area contributed by atoms with E-state index < -0.39 is 0 Å². The van der Waals surface area contributed by atoms with Crippen molar-refractivity contribution in [3.05, 3.63) is 63.6 Å². The summed E-state index contributed by atoms with van der Waals surface area (Å²) in [5, 5.41) is 3.78. The van der Waals surface area contributed by atoms with E-state index in [9.17, 15) is 4.79 Å². The first-order valence-corrected chi connectivity index (χ1v) is 8.41. The third kappa shape index (κ3) is 5.69. The Balaban J connectivity index is 1.86. The van der Waals surface area contributed by atoms with Crippen molar-refractivity contribution < 1.29 is 14.3 Å². The maximum absolute atomic E-state index is 11.9. The number of benzene rings is 2. The van der Waals surface area contributed by atoms with Crippen molar-refractivity contribution in [1.82, 2.24) is 5.32 Å². The monoisotopic (exact) mass is 379 g/mol. The van der Waals surface area contributed by atoms with Crippen LogP contribution >= 0.6 is 23.2 Å². The summed E-state index contributed by atoms with van der Waals surface area (Å²) in [6.07, 6.45) is 3.84. The van der Waals surface area contributed by atoms with E-state index in [4.69, 9.17) is 32.7 Å². The quantitative estimate of drug-likeness (QED) is 0.725. The smallest absolute Gasteiger partial charge is 0.244 e. The van der Waals surface area contributed by atoms with Crippen LogP contribution in [-0.2, 0) is 11.2 Å². The number of methoxy groups -OCH3 is 2. The van der Waals surface area contributed by atoms with Crippen LogP contribution in [0.5, 0.6) is 11.5 Å². The van der Waals surface area contributed by atoms with Crippen molar-refractivity contribution in [3.8, 4) is 11.5 Å². The van der Waals surface area contributed by atoms with Gasteiger partial charge in [0.25, 0.3) is 0 Å². The number of halogens is 2. The summed E-state index contributed by atoms with van der Waals surface area (Å²) >= 11 is 11.8. The second kappa shape index (κ2) is 9.35. The molecule has 2 rings (SSSR count). The summed E-state index contributed by atoms with van der Waals surface area (Å²) in [5.74, 6) is 1.18. The van der Waals surface area contributed by atoms with Crippen LogP contribution in [0.3, 0.4) is 0 Å². The molecule has 0 bridgehead atoms. The first-order valence-electron chi connectivity index (χ1n) is 7.65. The highest BCUT2D eigenvalue weighted by Crippen LogP contribution is 2.27. The van der Waals surface area contributed by atoms with Gasteiger partial charge in [0, 0.05) is 12.6 Å². The van der Waals surface area contributed by atoms with Crippen LogP contribution in [0.4, 0.5) is 0 Å². The van der Waals surface area contributed by atoms with Crippen LogP contribution in [0.2, 0.25) is 10.0 Å². The second-order valence-corrected chi connectivity index (χ2v) is 6.05. The first-order chi connectivity index (χ1) is 12.0. The summed E-state index contributed by atoms with van der Waals surface area (Å²) in [5.41, 5.74) is 1.86. The molecule has 4 nitrogen and oxygen atoms in total. The van der Waals surface area contributed by atoms with Crippen molar-refractivity contribution >= 4 is 35.2 Å². The molecule has 2 aromatic carbocycles. The molecule has 2 aromatic rings. The molecule has 0 spiro atoms. The summed E-state index contributed by atoms with van der Waals surface area (Å²) in [6, 6.07) is 10.9. The van der Waals surface area contributed by atoms with Gasteiger partial charge in [0.05, 0.1) is 24.3 Å². The van der Waals surface area contributed by atoms with Crippen LogP contribution in [0.1, 0.15) is 11.1 Å². The Labute approximate surface area is 157 Å². The lowest BCUT2D eigenvalue weighted by Crippen LogP contribution is -2.23. The molecule has 0 saturated carbocycles. The van der Waals surface area contributed by atoms with Gasteiger partial charge in [-0.15, -0.1) is 0 Å². The van der Waals surface area contributed by atoms with E-state index >= 15 is 0 Å². The number of carbonyl (C=O) groups excluding carboxylic acids is 1. The zero-order chi connectivity index (χ0) is 18.2. The van der Waals surface area contributed by atoms with Gasteiger partial charge < -0.3 is 14.8 Å². The van der Waals surface area contributed by atoms with E-state index in [2.05, 4.69) is 5.32 Å². The molecule has 0 aliphatic heterocycles. The number of nitrogens with one attached hydrogen (secondary N) is 1. The zero-order valence-corrected chi connectivity index (χ0v) is 15.5. The third-order valence-corrected chi connectivity index (χ3v) is 4.27. The minimum Gasteiger partial charge on any atom is -0.493 e. The SMILES string of the molecule is COc1ccc(CCNC(=O)/C=C/c2ccc(Cl)c(Cl)c2)cc1OC. The first kappa shape index (κ1) is 19.2. The fourth-order valence-corrected chi connectivity index (χ4v) is 2.52. The Hall–Kier alpha value is -2.17. The Morgan fingerprint density at radius 3 is 2.48 bits per heavy atom. The molecule has 0 unspecified atom stereocenters. The maximum atomic E-state index is 11.9. The number of hydrogen-bond acceptors (Lipinski definition) is 3. The molecule has 0 aromatic heterocycles. The molecule has 0 aliphatic rings. The normalized spacial score (nSPS) is 10.7. The Bertz CT molecular complexity index is 775. The molecule has 0 heterocycles. The largest absolute Gasteiger partial charge is 0.493 e. The maximum Gasteiger partial charge on any atom is 0.244 e. The lowest BCUT2D eigenvalue weighted by Gasteiger charge is -2.09. The van der Waals surface area contributed by atoms with Crippen LogP contribution < -0.4 is 14.8 Å². The van der Waals surface area contributed by atoms with Crippen LogP contribution in [0, 0.1) is 0 Å². The summed E-state index contributed by atoms with van der Waals surface area (Å²) in [4.78, 5) is 11.9. The highest BCUT2D eigenvalue weighted by Gasteiger charge is 2.05. The Morgan fingerprint density at radius 1 is 1.04 bits per heavy atom. The molecule has 132 valence electrons. The molecule has 0 fully saturated rings. The molecular formula is C19H19Cl2NO3. The van der Waals surface area contributed by atoms with E-state index in [1.807, 2.05) is 18.2 Å². The highest BCUT2D eigenvalue weighted by molar-refractivity contribution is 6.42. The number of rotatable bonds is 7. The van der Waals surface area contributed by atoms with E-state index in [1.165, 1.54) is 6.08 Å². The number of ether oxygens (including phenoxy) is 2. The van der Waals surface area contributed by atoms with Gasteiger partial charge >= 0.3 is 0 Å². The van der Waals surface area contributed by atoms with E-state index in [-0.39, 0.29) is 5.91 Å². The Kier molecular flexibility index (Phi) is 7.16. The molecule has 25 heavy (non-hydrogen) atoms. The Morgan fingerprint density at radius 2 is 1.80 bits per heavy atom. The fraction of sp³-hybridized carbons (Fsp3) is 0.211. The van der Waals surface area contributed by atoms with Crippen LogP contribution in [0.15, 0.2) is 42.5 Å². The second-order valence-electron chi connectivity index (χ2n) is 5.24. The van der Waals surface area contributed by atoms with Crippen LogP contribution in [-0.4, -0.2) is 26.7 Å². The van der Waals surface area contributed by atoms with E-state index in [0.717, 1.165) is 11.1 Å². The van der Waals surface area contributed by atoms with Gasteiger partial charge in [-0.25, -0.2) is 0 Å². The fourth-order valence-electron chi connectivity index (χ4n) is 2.21. The molecule has 0 radical (unpaired) electrons. The predicted molar refractivity (Wildman–Crippen MR) is 102 cm³/mol. The van der Waals surface area contributed by atoms with Gasteiger partial charge in [0.15, 0.2) is 11.5 Å². The van der Waals surface area contributed by atoms with Gasteiger partial charge in [-0.2, -0.15) is 0 Å². The number of hydrogen-bond donors (Lipinski definition) is 1. The van der Waals surface area contributed by atoms with Gasteiger partial charge in [0.1, 0.15) is 0 Å². The molecule has 6 heteroatoms. The average Bonchev–Trinajstić information content (AvgIpc) is 2.62. The number of amides is 1. The minimum atomic E-state index is -0.174. The summed E-state index contributed by atoms with van der Waals surface area (Å²) in [6.45, 7) is 0.514. The van der Waals surface area contributed by atoms with Gasteiger partial charge in [0.2, 0.25) is 5.91 Å². The van der Waals surface area contributed by atoms with Crippen molar-refractivity contribution in [2.45, 2.75) is 6.42 Å². The average molecular weight is 380 g/mol.